The number of nitrogens with one attached hydrogen (secondary N) is 3. The van der Waals surface area contributed by atoms with Crippen molar-refractivity contribution in [3.8, 4) is 11.5 Å². The van der Waals surface area contributed by atoms with Gasteiger partial charge in [-0.1, -0.05) is 0 Å². The maximum atomic E-state index is 13.4. The van der Waals surface area contributed by atoms with Crippen molar-refractivity contribution < 1.29 is 23.4 Å². The summed E-state index contributed by atoms with van der Waals surface area (Å²) in [7, 11) is 3.09. The highest BCUT2D eigenvalue weighted by Crippen LogP contribution is 2.38. The Morgan fingerprint density at radius 3 is 2.47 bits per heavy atom. The summed E-state index contributed by atoms with van der Waals surface area (Å²) in [6.07, 6.45) is -5.89. The Morgan fingerprint density at radius 2 is 1.83 bits per heavy atom. The van der Waals surface area contributed by atoms with Gasteiger partial charge < -0.3 is 30.5 Å². The molecule has 2 aromatic rings. The molecule has 0 aliphatic carbocycles. The van der Waals surface area contributed by atoms with Crippen LogP contribution in [0.25, 0.3) is 0 Å². The molecule has 3 rings (SSSR count). The Bertz CT molecular complexity index is 979. The van der Waals surface area contributed by atoms with E-state index in [0.29, 0.717) is 17.1 Å². The fourth-order valence-electron chi connectivity index (χ4n) is 2.51. The van der Waals surface area contributed by atoms with Crippen LogP contribution in [-0.4, -0.2) is 50.2 Å². The second kappa shape index (κ2) is 8.74. The summed E-state index contributed by atoms with van der Waals surface area (Å²) < 4.78 is 36.5. The number of fused-ring (bicyclic) bond motifs is 1. The third kappa shape index (κ3) is 4.81. The average molecular weight is 418 g/mol. The van der Waals surface area contributed by atoms with Crippen molar-refractivity contribution in [2.45, 2.75) is 12.3 Å². The maximum Gasteiger partial charge on any atom is 0.444 e. The number of hydrogen-bond donors (Lipinski definition) is 4. The van der Waals surface area contributed by atoms with E-state index in [1.807, 2.05) is 0 Å². The van der Waals surface area contributed by atoms with E-state index in [9.17, 15) is 13.9 Å². The molecule has 0 spiro atoms. The van der Waals surface area contributed by atoms with Crippen LogP contribution >= 0.6 is 0 Å². The molecule has 1 aliphatic heterocycles. The van der Waals surface area contributed by atoms with Crippen molar-refractivity contribution >= 4 is 35.7 Å². The summed E-state index contributed by atoms with van der Waals surface area (Å²) >= 11 is 0. The number of aliphatic hydroxyl groups excluding tert-OH is 1. The van der Waals surface area contributed by atoms with Gasteiger partial charge in [0.15, 0.2) is 0 Å². The predicted octanol–water partition coefficient (Wildman–Crippen LogP) is 2.98. The van der Waals surface area contributed by atoms with E-state index in [4.69, 9.17) is 4.74 Å². The lowest BCUT2D eigenvalue weighted by Crippen LogP contribution is -2.47. The van der Waals surface area contributed by atoms with Crippen molar-refractivity contribution in [1.82, 2.24) is 0 Å². The fourth-order valence-corrected chi connectivity index (χ4v) is 2.51. The summed E-state index contributed by atoms with van der Waals surface area (Å²) in [6.45, 7) is 3.49. The van der Waals surface area contributed by atoms with Gasteiger partial charge in [-0.2, -0.15) is 13.8 Å². The van der Waals surface area contributed by atoms with E-state index >= 15 is 0 Å². The van der Waals surface area contributed by atoms with Gasteiger partial charge in [-0.05, 0) is 49.2 Å². The van der Waals surface area contributed by atoms with Gasteiger partial charge in [-0.3, -0.25) is 4.99 Å². The van der Waals surface area contributed by atoms with Gasteiger partial charge >= 0.3 is 6.11 Å². The summed E-state index contributed by atoms with van der Waals surface area (Å²) in [5.41, 5.74) is 1.37. The minimum Gasteiger partial charge on any atom is -0.497 e. The molecule has 0 saturated heterocycles. The molecule has 0 aromatic heterocycles. The van der Waals surface area contributed by atoms with Crippen molar-refractivity contribution in [2.75, 3.05) is 30.1 Å². The lowest BCUT2D eigenvalue weighted by atomic mass is 10.2. The molecule has 4 N–H and O–H groups in total. The quantitative estimate of drug-likeness (QED) is 0.450. The first kappa shape index (κ1) is 21.0. The van der Waals surface area contributed by atoms with E-state index in [1.54, 1.807) is 31.4 Å². The zero-order chi connectivity index (χ0) is 21.7. The first-order valence-electron chi connectivity index (χ1n) is 8.70. The molecule has 0 fully saturated rings. The SMILES string of the molecule is C=NC(=NC(=NC)Nc1ccc2c(c1)NC(O)C(F)(F)O2)Nc1ccc(OC)cc1. The molecule has 2 aromatic carbocycles. The molecule has 9 nitrogen and oxygen atoms in total. The van der Waals surface area contributed by atoms with Gasteiger partial charge in [0.05, 0.1) is 12.8 Å². The number of benzene rings is 2. The Balaban J connectivity index is 1.74. The lowest BCUT2D eigenvalue weighted by Gasteiger charge is -2.31. The Kier molecular flexibility index (Phi) is 6.11. The van der Waals surface area contributed by atoms with E-state index in [-0.39, 0.29) is 23.4 Å². The fraction of sp³-hybridized carbons (Fsp3) is 0.211. The number of rotatable bonds is 3. The normalized spacial score (nSPS) is 17.8. The molecule has 11 heteroatoms. The number of anilines is 3. The predicted molar refractivity (Wildman–Crippen MR) is 112 cm³/mol. The van der Waals surface area contributed by atoms with Gasteiger partial charge in [-0.25, -0.2) is 4.99 Å². The monoisotopic (exact) mass is 418 g/mol. The van der Waals surface area contributed by atoms with E-state index in [1.165, 1.54) is 25.2 Å². The smallest absolute Gasteiger partial charge is 0.444 e. The Morgan fingerprint density at radius 1 is 1.17 bits per heavy atom. The van der Waals surface area contributed by atoms with Crippen LogP contribution in [0.1, 0.15) is 0 Å². The number of nitrogens with zero attached hydrogens (tertiary/aromatic N) is 3. The minimum absolute atomic E-state index is 0.0936. The standard InChI is InChI=1S/C19H20F2N6O3/c1-22-17(24-11-4-7-13(29-3)8-5-11)27-18(23-2)25-12-6-9-15-14(10-12)26-16(28)19(20,21)30-15/h4-10,16,26,28H,1H2,2-3H3,(H2,23,24,25,27). The zero-order valence-corrected chi connectivity index (χ0v) is 16.2. The molecule has 30 heavy (non-hydrogen) atoms. The number of aliphatic imine (C=N–C) groups is 3. The number of ether oxygens (including phenoxy) is 2. The molecule has 0 radical (unpaired) electrons. The Hall–Kier alpha value is -3.73. The molecule has 0 saturated carbocycles. The Labute approximate surface area is 171 Å². The number of methoxy groups -OCH3 is 1. The topological polar surface area (TPSA) is 112 Å². The number of aliphatic hydroxyl groups is 1. The van der Waals surface area contributed by atoms with Crippen molar-refractivity contribution in [3.63, 3.8) is 0 Å². The second-order valence-electron chi connectivity index (χ2n) is 6.04. The van der Waals surface area contributed by atoms with Crippen molar-refractivity contribution in [2.24, 2.45) is 15.0 Å². The van der Waals surface area contributed by atoms with Crippen molar-refractivity contribution in [3.05, 3.63) is 42.5 Å². The number of hydrogen-bond acceptors (Lipinski definition) is 5. The molecule has 158 valence electrons. The first-order valence-corrected chi connectivity index (χ1v) is 8.70. The molecule has 1 heterocycles. The van der Waals surface area contributed by atoms with E-state index < -0.39 is 12.3 Å². The van der Waals surface area contributed by atoms with Gasteiger partial charge in [0.1, 0.15) is 11.5 Å². The van der Waals surface area contributed by atoms with Crippen LogP contribution < -0.4 is 25.4 Å². The highest BCUT2D eigenvalue weighted by Gasteiger charge is 2.45. The second-order valence-corrected chi connectivity index (χ2v) is 6.04. The van der Waals surface area contributed by atoms with Crippen LogP contribution in [0.15, 0.2) is 57.4 Å². The van der Waals surface area contributed by atoms with Gasteiger partial charge in [0.25, 0.3) is 0 Å². The molecule has 1 aliphatic rings. The summed E-state index contributed by atoms with van der Waals surface area (Å²) in [4.78, 5) is 12.1. The van der Waals surface area contributed by atoms with Gasteiger partial charge in [0.2, 0.25) is 18.1 Å². The van der Waals surface area contributed by atoms with Crippen LogP contribution in [0.2, 0.25) is 0 Å². The molecule has 0 amide bonds. The average Bonchev–Trinajstić information content (AvgIpc) is 2.74. The first-order chi connectivity index (χ1) is 14.3. The zero-order valence-electron chi connectivity index (χ0n) is 16.2. The number of alkyl halides is 2. The number of halogens is 2. The lowest BCUT2D eigenvalue weighted by molar-refractivity contribution is -0.235. The largest absolute Gasteiger partial charge is 0.497 e. The van der Waals surface area contributed by atoms with Crippen LogP contribution in [0.5, 0.6) is 11.5 Å². The molecular formula is C19H20F2N6O3. The van der Waals surface area contributed by atoms with Crippen LogP contribution in [0.3, 0.4) is 0 Å². The molecular weight excluding hydrogens is 398 g/mol. The van der Waals surface area contributed by atoms with Crippen LogP contribution in [0, 0.1) is 0 Å². The van der Waals surface area contributed by atoms with E-state index in [0.717, 1.165) is 0 Å². The van der Waals surface area contributed by atoms with E-state index in [2.05, 4.69) is 42.4 Å². The summed E-state index contributed by atoms with van der Waals surface area (Å²) in [5.74, 6) is 0.976. The van der Waals surface area contributed by atoms with Crippen LogP contribution in [-0.2, 0) is 0 Å². The third-order valence-corrected chi connectivity index (χ3v) is 4.01. The summed E-state index contributed by atoms with van der Waals surface area (Å²) in [5, 5.41) is 17.7. The highest BCUT2D eigenvalue weighted by atomic mass is 19.3. The van der Waals surface area contributed by atoms with Gasteiger partial charge in [0, 0.05) is 18.4 Å². The van der Waals surface area contributed by atoms with Crippen LogP contribution in [0.4, 0.5) is 25.8 Å². The molecule has 1 unspecified atom stereocenters. The maximum absolute atomic E-state index is 13.4. The third-order valence-electron chi connectivity index (χ3n) is 4.01. The molecule has 0 bridgehead atoms. The molecule has 1 atom stereocenters. The summed E-state index contributed by atoms with van der Waals surface area (Å²) in [6, 6.07) is 11.4. The highest BCUT2D eigenvalue weighted by molar-refractivity contribution is 6.07. The van der Waals surface area contributed by atoms with Gasteiger partial charge in [-0.15, -0.1) is 0 Å². The number of guanidine groups is 2. The minimum atomic E-state index is -3.72. The van der Waals surface area contributed by atoms with Crippen molar-refractivity contribution in [1.29, 1.82) is 0 Å².